The van der Waals surface area contributed by atoms with E-state index in [9.17, 15) is 9.90 Å². The van der Waals surface area contributed by atoms with Crippen molar-refractivity contribution in [3.63, 3.8) is 0 Å². The van der Waals surface area contributed by atoms with E-state index in [0.717, 1.165) is 11.0 Å². The van der Waals surface area contributed by atoms with Crippen LogP contribution >= 0.6 is 0 Å². The molecule has 1 heterocycles. The van der Waals surface area contributed by atoms with Crippen molar-refractivity contribution in [1.82, 2.24) is 5.32 Å². The van der Waals surface area contributed by atoms with Crippen LogP contribution in [-0.4, -0.2) is 35.9 Å². The van der Waals surface area contributed by atoms with Crippen molar-refractivity contribution in [2.45, 2.75) is 52.4 Å². The molecule has 136 valence electrons. The number of carbonyl (C=O) groups excluding carboxylic acids is 1. The van der Waals surface area contributed by atoms with Gasteiger partial charge in [0.05, 0.1) is 17.8 Å². The van der Waals surface area contributed by atoms with E-state index in [1.165, 1.54) is 6.92 Å². The number of aliphatic hydroxyl groups is 1. The Morgan fingerprint density at radius 2 is 1.88 bits per heavy atom. The van der Waals surface area contributed by atoms with E-state index in [-0.39, 0.29) is 12.5 Å². The SMILES string of the molecule is CC(=O)NCC(=Cc1ccc(N)c(CO)c1)B1OC(C)(C)C(C)(C)O1. The molecular weight excluding hydrogens is 319 g/mol. The molecule has 0 aromatic heterocycles. The molecule has 0 spiro atoms. The highest BCUT2D eigenvalue weighted by Crippen LogP contribution is 2.38. The second kappa shape index (κ2) is 7.19. The van der Waals surface area contributed by atoms with E-state index in [4.69, 9.17) is 15.0 Å². The van der Waals surface area contributed by atoms with Crippen LogP contribution in [0.25, 0.3) is 6.08 Å². The molecule has 1 aromatic rings. The maximum atomic E-state index is 11.3. The molecule has 25 heavy (non-hydrogen) atoms. The highest BCUT2D eigenvalue weighted by atomic mass is 16.7. The molecule has 0 bridgehead atoms. The molecular formula is C18H27BN2O4. The molecule has 4 N–H and O–H groups in total. The molecule has 1 aliphatic rings. The summed E-state index contributed by atoms with van der Waals surface area (Å²) in [4.78, 5) is 11.3. The Kier molecular flexibility index (Phi) is 5.61. The zero-order valence-corrected chi connectivity index (χ0v) is 15.6. The molecule has 0 atom stereocenters. The summed E-state index contributed by atoms with van der Waals surface area (Å²) in [7, 11) is -0.563. The second-order valence-electron chi connectivity index (χ2n) is 7.33. The molecule has 0 unspecified atom stereocenters. The van der Waals surface area contributed by atoms with Gasteiger partial charge in [-0.05, 0) is 50.9 Å². The summed E-state index contributed by atoms with van der Waals surface area (Å²) >= 11 is 0. The normalized spacial score (nSPS) is 19.1. The number of hydrogen-bond donors (Lipinski definition) is 3. The monoisotopic (exact) mass is 346 g/mol. The Morgan fingerprint density at radius 1 is 1.28 bits per heavy atom. The third kappa shape index (κ3) is 4.42. The molecule has 0 radical (unpaired) electrons. The number of nitrogen functional groups attached to an aromatic ring is 1. The van der Waals surface area contributed by atoms with Gasteiger partial charge in [0.15, 0.2) is 0 Å². The van der Waals surface area contributed by atoms with E-state index in [1.54, 1.807) is 6.07 Å². The highest BCUT2D eigenvalue weighted by Gasteiger charge is 2.52. The van der Waals surface area contributed by atoms with E-state index in [0.29, 0.717) is 17.8 Å². The minimum Gasteiger partial charge on any atom is -0.400 e. The molecule has 0 saturated carbocycles. The van der Waals surface area contributed by atoms with Gasteiger partial charge in [0.1, 0.15) is 0 Å². The fourth-order valence-electron chi connectivity index (χ4n) is 2.49. The summed E-state index contributed by atoms with van der Waals surface area (Å²) in [5.74, 6) is -0.129. The molecule has 1 amide bonds. The van der Waals surface area contributed by atoms with Crippen LogP contribution in [0.2, 0.25) is 0 Å². The Hall–Kier alpha value is -1.83. The lowest BCUT2D eigenvalue weighted by Gasteiger charge is -2.32. The van der Waals surface area contributed by atoms with Gasteiger partial charge in [0.2, 0.25) is 5.91 Å². The van der Waals surface area contributed by atoms with E-state index in [1.807, 2.05) is 45.9 Å². The second-order valence-corrected chi connectivity index (χ2v) is 7.33. The fourth-order valence-corrected chi connectivity index (χ4v) is 2.49. The zero-order valence-electron chi connectivity index (χ0n) is 15.6. The van der Waals surface area contributed by atoms with E-state index in [2.05, 4.69) is 5.32 Å². The Labute approximate surface area is 149 Å². The Morgan fingerprint density at radius 3 is 2.40 bits per heavy atom. The minimum atomic E-state index is -0.563. The Balaban J connectivity index is 2.35. The number of nitrogens with two attached hydrogens (primary N) is 1. The van der Waals surface area contributed by atoms with Crippen molar-refractivity contribution in [2.24, 2.45) is 0 Å². The van der Waals surface area contributed by atoms with Crippen LogP contribution in [0.3, 0.4) is 0 Å². The van der Waals surface area contributed by atoms with Crippen molar-refractivity contribution >= 4 is 24.8 Å². The number of anilines is 1. The van der Waals surface area contributed by atoms with Crippen LogP contribution in [0, 0.1) is 0 Å². The first-order chi connectivity index (χ1) is 11.6. The van der Waals surface area contributed by atoms with E-state index >= 15 is 0 Å². The van der Waals surface area contributed by atoms with Gasteiger partial charge in [-0.2, -0.15) is 0 Å². The summed E-state index contributed by atoms with van der Waals surface area (Å²) < 4.78 is 12.2. The van der Waals surface area contributed by atoms with Gasteiger partial charge in [-0.15, -0.1) is 0 Å². The van der Waals surface area contributed by atoms with Crippen LogP contribution in [0.15, 0.2) is 23.7 Å². The third-order valence-corrected chi connectivity index (χ3v) is 4.79. The average molecular weight is 346 g/mol. The molecule has 0 aliphatic carbocycles. The number of rotatable bonds is 5. The maximum Gasteiger partial charge on any atom is 0.492 e. The lowest BCUT2D eigenvalue weighted by Crippen LogP contribution is -2.41. The number of hydrogen-bond acceptors (Lipinski definition) is 5. The van der Waals surface area contributed by atoms with Gasteiger partial charge in [-0.1, -0.05) is 12.1 Å². The fraction of sp³-hybridized carbons (Fsp3) is 0.500. The third-order valence-electron chi connectivity index (χ3n) is 4.79. The molecule has 1 aromatic carbocycles. The Bertz CT molecular complexity index is 670. The lowest BCUT2D eigenvalue weighted by atomic mass is 9.77. The molecule has 7 heteroatoms. The number of benzene rings is 1. The molecule has 1 aliphatic heterocycles. The quantitative estimate of drug-likeness (QED) is 0.559. The first kappa shape index (κ1) is 19.5. The van der Waals surface area contributed by atoms with Gasteiger partial charge in [0, 0.05) is 24.7 Å². The van der Waals surface area contributed by atoms with Gasteiger partial charge < -0.3 is 25.5 Å². The van der Waals surface area contributed by atoms with Crippen molar-refractivity contribution in [1.29, 1.82) is 0 Å². The van der Waals surface area contributed by atoms with Crippen LogP contribution in [0.1, 0.15) is 45.7 Å². The minimum absolute atomic E-state index is 0.129. The van der Waals surface area contributed by atoms with Crippen molar-refractivity contribution in [2.75, 3.05) is 12.3 Å². The summed E-state index contributed by atoms with van der Waals surface area (Å²) in [5, 5.41) is 12.2. The van der Waals surface area contributed by atoms with Gasteiger partial charge in [-0.25, -0.2) is 0 Å². The van der Waals surface area contributed by atoms with Crippen molar-refractivity contribution in [3.8, 4) is 0 Å². The molecule has 2 rings (SSSR count). The van der Waals surface area contributed by atoms with Gasteiger partial charge >= 0.3 is 7.12 Å². The van der Waals surface area contributed by atoms with Crippen molar-refractivity contribution in [3.05, 3.63) is 34.8 Å². The number of carbonyl (C=O) groups is 1. The average Bonchev–Trinajstić information content (AvgIpc) is 2.73. The predicted molar refractivity (Wildman–Crippen MR) is 99.5 cm³/mol. The first-order valence-electron chi connectivity index (χ1n) is 8.35. The highest BCUT2D eigenvalue weighted by molar-refractivity contribution is 6.56. The summed E-state index contributed by atoms with van der Waals surface area (Å²) in [6, 6.07) is 5.42. The van der Waals surface area contributed by atoms with Gasteiger partial charge in [0.25, 0.3) is 0 Å². The lowest BCUT2D eigenvalue weighted by molar-refractivity contribution is -0.118. The van der Waals surface area contributed by atoms with Crippen LogP contribution < -0.4 is 11.1 Å². The molecule has 1 saturated heterocycles. The molecule has 6 nitrogen and oxygen atoms in total. The smallest absolute Gasteiger partial charge is 0.400 e. The van der Waals surface area contributed by atoms with Crippen LogP contribution in [0.5, 0.6) is 0 Å². The maximum absolute atomic E-state index is 11.3. The van der Waals surface area contributed by atoms with Crippen molar-refractivity contribution < 1.29 is 19.2 Å². The number of amides is 1. The summed E-state index contributed by atoms with van der Waals surface area (Å²) in [6.07, 6.45) is 1.90. The predicted octanol–water partition coefficient (Wildman–Crippen LogP) is 1.91. The largest absolute Gasteiger partial charge is 0.492 e. The topological polar surface area (TPSA) is 93.8 Å². The van der Waals surface area contributed by atoms with Crippen LogP contribution in [-0.2, 0) is 20.7 Å². The molecule has 1 fully saturated rings. The van der Waals surface area contributed by atoms with E-state index < -0.39 is 18.3 Å². The first-order valence-corrected chi connectivity index (χ1v) is 8.35. The number of nitrogens with one attached hydrogen (secondary N) is 1. The number of aliphatic hydroxyl groups excluding tert-OH is 1. The summed E-state index contributed by atoms with van der Waals surface area (Å²) in [5.41, 5.74) is 7.74. The van der Waals surface area contributed by atoms with Gasteiger partial charge in [-0.3, -0.25) is 4.79 Å². The summed E-state index contributed by atoms with van der Waals surface area (Å²) in [6.45, 7) is 9.57. The standard InChI is InChI=1S/C18H27BN2O4/c1-12(23)21-10-15(19-24-17(2,3)18(4,5)25-19)9-13-6-7-16(20)14(8-13)11-22/h6-9,22H,10-11,20H2,1-5H3,(H,21,23). The van der Waals surface area contributed by atoms with Crippen LogP contribution in [0.4, 0.5) is 5.69 Å². The zero-order chi connectivity index (χ0) is 18.8.